The summed E-state index contributed by atoms with van der Waals surface area (Å²) >= 11 is 0. The molecule has 19 heavy (non-hydrogen) atoms. The van der Waals surface area contributed by atoms with Gasteiger partial charge in [0.1, 0.15) is 11.3 Å². The van der Waals surface area contributed by atoms with Gasteiger partial charge in [-0.25, -0.2) is 9.37 Å². The summed E-state index contributed by atoms with van der Waals surface area (Å²) in [5.41, 5.74) is 7.15. The van der Waals surface area contributed by atoms with Crippen molar-refractivity contribution in [3.05, 3.63) is 42.2 Å². The molecule has 3 aromatic rings. The Morgan fingerprint density at radius 2 is 1.95 bits per heavy atom. The average Bonchev–Trinajstić information content (AvgIpc) is 2.83. The SMILES string of the molecule is COc1ccc(-c2nc3cc(N)cc(F)c3o2)cc1. The molecule has 2 aromatic carbocycles. The first-order chi connectivity index (χ1) is 9.17. The van der Waals surface area contributed by atoms with Crippen molar-refractivity contribution in [2.24, 2.45) is 0 Å². The molecule has 0 aliphatic carbocycles. The molecule has 0 bridgehead atoms. The standard InChI is InChI=1S/C14H11FN2O2/c1-18-10-4-2-8(3-5-10)14-17-12-7-9(16)6-11(15)13(12)19-14/h2-7H,16H2,1H3. The van der Waals surface area contributed by atoms with Crippen LogP contribution in [0, 0.1) is 5.82 Å². The number of nitrogen functional groups attached to an aromatic ring is 1. The lowest BCUT2D eigenvalue weighted by Gasteiger charge is -1.99. The van der Waals surface area contributed by atoms with Crippen LogP contribution in [0.1, 0.15) is 0 Å². The summed E-state index contributed by atoms with van der Waals surface area (Å²) in [5.74, 6) is 0.569. The van der Waals surface area contributed by atoms with Gasteiger partial charge in [0, 0.05) is 17.3 Å². The molecule has 0 aliphatic rings. The van der Waals surface area contributed by atoms with E-state index < -0.39 is 5.82 Å². The van der Waals surface area contributed by atoms with E-state index in [9.17, 15) is 4.39 Å². The zero-order chi connectivity index (χ0) is 13.4. The smallest absolute Gasteiger partial charge is 0.227 e. The van der Waals surface area contributed by atoms with Crippen LogP contribution in [0.15, 0.2) is 40.8 Å². The second kappa shape index (κ2) is 4.28. The van der Waals surface area contributed by atoms with Crippen molar-refractivity contribution < 1.29 is 13.5 Å². The number of nitrogens with zero attached hydrogens (tertiary/aromatic N) is 1. The van der Waals surface area contributed by atoms with E-state index in [0.717, 1.165) is 11.3 Å². The molecule has 1 heterocycles. The van der Waals surface area contributed by atoms with Gasteiger partial charge in [0.2, 0.25) is 5.89 Å². The fourth-order valence-corrected chi connectivity index (χ4v) is 1.87. The van der Waals surface area contributed by atoms with Gasteiger partial charge in [0.15, 0.2) is 11.4 Å². The molecule has 0 atom stereocenters. The van der Waals surface area contributed by atoms with Crippen molar-refractivity contribution in [1.82, 2.24) is 4.98 Å². The summed E-state index contributed by atoms with van der Waals surface area (Å²) in [4.78, 5) is 4.23. The number of anilines is 1. The quantitative estimate of drug-likeness (QED) is 0.717. The zero-order valence-corrected chi connectivity index (χ0v) is 10.2. The Kier molecular flexibility index (Phi) is 2.59. The minimum atomic E-state index is -0.512. The fraction of sp³-hybridized carbons (Fsp3) is 0.0714. The van der Waals surface area contributed by atoms with Gasteiger partial charge in [0.05, 0.1) is 7.11 Å². The lowest BCUT2D eigenvalue weighted by atomic mass is 10.2. The number of ether oxygens (including phenoxy) is 1. The monoisotopic (exact) mass is 258 g/mol. The third-order valence-electron chi connectivity index (χ3n) is 2.80. The van der Waals surface area contributed by atoms with Gasteiger partial charge >= 0.3 is 0 Å². The predicted octanol–water partition coefficient (Wildman–Crippen LogP) is 3.22. The van der Waals surface area contributed by atoms with Crippen LogP contribution in [0.4, 0.5) is 10.1 Å². The number of rotatable bonds is 2. The van der Waals surface area contributed by atoms with E-state index in [1.165, 1.54) is 6.07 Å². The van der Waals surface area contributed by atoms with E-state index in [2.05, 4.69) is 4.98 Å². The summed E-state index contributed by atoms with van der Waals surface area (Å²) in [6, 6.07) is 9.96. The molecule has 1 aromatic heterocycles. The fourth-order valence-electron chi connectivity index (χ4n) is 1.87. The van der Waals surface area contributed by atoms with Crippen LogP contribution in [0.2, 0.25) is 0 Å². The van der Waals surface area contributed by atoms with Crippen LogP contribution in [0.3, 0.4) is 0 Å². The molecule has 0 radical (unpaired) electrons. The predicted molar refractivity (Wildman–Crippen MR) is 70.4 cm³/mol. The highest BCUT2D eigenvalue weighted by Crippen LogP contribution is 2.28. The highest BCUT2D eigenvalue weighted by molar-refractivity contribution is 5.80. The Balaban J connectivity index is 2.12. The topological polar surface area (TPSA) is 61.3 Å². The molecule has 0 amide bonds. The van der Waals surface area contributed by atoms with Crippen molar-refractivity contribution in [2.45, 2.75) is 0 Å². The number of methoxy groups -OCH3 is 1. The second-order valence-corrected chi connectivity index (χ2v) is 4.10. The second-order valence-electron chi connectivity index (χ2n) is 4.10. The molecule has 3 rings (SSSR count). The largest absolute Gasteiger partial charge is 0.497 e. The van der Waals surface area contributed by atoms with Gasteiger partial charge in [-0.2, -0.15) is 0 Å². The van der Waals surface area contributed by atoms with E-state index in [1.807, 2.05) is 0 Å². The van der Waals surface area contributed by atoms with Crippen molar-refractivity contribution in [3.8, 4) is 17.2 Å². The van der Waals surface area contributed by atoms with Crippen LogP contribution in [-0.2, 0) is 0 Å². The maximum atomic E-state index is 13.7. The number of hydrogen-bond donors (Lipinski definition) is 1. The Morgan fingerprint density at radius 1 is 1.21 bits per heavy atom. The molecule has 0 saturated heterocycles. The molecule has 0 aliphatic heterocycles. The van der Waals surface area contributed by atoms with Crippen LogP contribution < -0.4 is 10.5 Å². The lowest BCUT2D eigenvalue weighted by Crippen LogP contribution is -1.86. The summed E-state index contributed by atoms with van der Waals surface area (Å²) in [5, 5.41) is 0. The molecule has 0 fully saturated rings. The first kappa shape index (κ1) is 11.5. The Hall–Kier alpha value is -2.56. The zero-order valence-electron chi connectivity index (χ0n) is 10.2. The van der Waals surface area contributed by atoms with Gasteiger partial charge < -0.3 is 14.9 Å². The Labute approximate surface area is 108 Å². The highest BCUT2D eigenvalue weighted by Gasteiger charge is 2.12. The van der Waals surface area contributed by atoms with Crippen molar-refractivity contribution >= 4 is 16.8 Å². The third-order valence-corrected chi connectivity index (χ3v) is 2.80. The minimum Gasteiger partial charge on any atom is -0.497 e. The number of halogens is 1. The molecule has 2 N–H and O–H groups in total. The minimum absolute atomic E-state index is 0.111. The van der Waals surface area contributed by atoms with E-state index in [1.54, 1.807) is 37.4 Å². The Bertz CT molecular complexity index is 735. The Morgan fingerprint density at radius 3 is 2.63 bits per heavy atom. The summed E-state index contributed by atoms with van der Waals surface area (Å²) < 4.78 is 24.2. The molecule has 0 unspecified atom stereocenters. The maximum absolute atomic E-state index is 13.7. The first-order valence-electron chi connectivity index (χ1n) is 5.67. The van der Waals surface area contributed by atoms with Crippen LogP contribution in [0.25, 0.3) is 22.6 Å². The van der Waals surface area contributed by atoms with E-state index in [4.69, 9.17) is 14.9 Å². The summed E-state index contributed by atoms with van der Waals surface area (Å²) in [6.45, 7) is 0. The number of oxazole rings is 1. The normalized spacial score (nSPS) is 10.8. The molecule has 4 nitrogen and oxygen atoms in total. The van der Waals surface area contributed by atoms with Crippen LogP contribution >= 0.6 is 0 Å². The summed E-state index contributed by atoms with van der Waals surface area (Å²) in [7, 11) is 1.59. The summed E-state index contributed by atoms with van der Waals surface area (Å²) in [6.07, 6.45) is 0. The molecule has 0 saturated carbocycles. The third kappa shape index (κ3) is 1.99. The first-order valence-corrected chi connectivity index (χ1v) is 5.67. The van der Waals surface area contributed by atoms with Gasteiger partial charge in [0.25, 0.3) is 0 Å². The molecule has 5 heteroatoms. The van der Waals surface area contributed by atoms with Gasteiger partial charge in [-0.15, -0.1) is 0 Å². The number of benzene rings is 2. The van der Waals surface area contributed by atoms with Crippen molar-refractivity contribution in [1.29, 1.82) is 0 Å². The maximum Gasteiger partial charge on any atom is 0.227 e. The lowest BCUT2D eigenvalue weighted by molar-refractivity contribution is 0.415. The number of hydrogen-bond acceptors (Lipinski definition) is 4. The average molecular weight is 258 g/mol. The van der Waals surface area contributed by atoms with Crippen LogP contribution in [0.5, 0.6) is 5.75 Å². The van der Waals surface area contributed by atoms with Crippen molar-refractivity contribution in [3.63, 3.8) is 0 Å². The van der Waals surface area contributed by atoms with E-state index in [0.29, 0.717) is 17.1 Å². The highest BCUT2D eigenvalue weighted by atomic mass is 19.1. The van der Waals surface area contributed by atoms with E-state index >= 15 is 0 Å². The van der Waals surface area contributed by atoms with Crippen LogP contribution in [-0.4, -0.2) is 12.1 Å². The van der Waals surface area contributed by atoms with Gasteiger partial charge in [-0.05, 0) is 30.3 Å². The molecular formula is C14H11FN2O2. The number of aromatic nitrogens is 1. The van der Waals surface area contributed by atoms with Gasteiger partial charge in [-0.1, -0.05) is 0 Å². The van der Waals surface area contributed by atoms with E-state index in [-0.39, 0.29) is 5.58 Å². The van der Waals surface area contributed by atoms with Gasteiger partial charge in [-0.3, -0.25) is 0 Å². The molecule has 0 spiro atoms. The number of fused-ring (bicyclic) bond motifs is 1. The number of nitrogens with two attached hydrogens (primary N) is 1. The molecule has 96 valence electrons. The molecular weight excluding hydrogens is 247 g/mol. The van der Waals surface area contributed by atoms with Crippen molar-refractivity contribution in [2.75, 3.05) is 12.8 Å².